The molecule has 0 unspecified atom stereocenters. The number of para-hydroxylation sites is 1. The van der Waals surface area contributed by atoms with E-state index in [1.54, 1.807) is 27.7 Å². The predicted octanol–water partition coefficient (Wildman–Crippen LogP) is 3.15. The van der Waals surface area contributed by atoms with Crippen LogP contribution < -0.4 is 0 Å². The van der Waals surface area contributed by atoms with E-state index >= 15 is 0 Å². The van der Waals surface area contributed by atoms with Gasteiger partial charge in [0.05, 0.1) is 17.4 Å². The molecule has 0 aliphatic carbocycles. The predicted molar refractivity (Wildman–Crippen MR) is 109 cm³/mol. The number of likely N-dealkylation sites (tertiary alicyclic amines) is 1. The number of aliphatic hydroxyl groups is 1. The fourth-order valence-corrected chi connectivity index (χ4v) is 4.18. The van der Waals surface area contributed by atoms with Crippen LogP contribution in [0.15, 0.2) is 59.8 Å². The first-order valence-corrected chi connectivity index (χ1v) is 10.5. The largest absolute Gasteiger partial charge is 0.393 e. The second-order valence-corrected chi connectivity index (χ2v) is 7.80. The summed E-state index contributed by atoms with van der Waals surface area (Å²) < 4.78 is 16.2. The fraction of sp³-hybridized carbons (Fsp3) is 0.286. The molecule has 1 amide bonds. The van der Waals surface area contributed by atoms with Gasteiger partial charge in [-0.2, -0.15) is 0 Å². The van der Waals surface area contributed by atoms with Crippen molar-refractivity contribution in [2.45, 2.75) is 24.1 Å². The summed E-state index contributed by atoms with van der Waals surface area (Å²) in [5.41, 5.74) is 1.15. The van der Waals surface area contributed by atoms with Gasteiger partial charge in [-0.05, 0) is 37.1 Å². The lowest BCUT2D eigenvalue weighted by Gasteiger charge is -2.29. The Morgan fingerprint density at radius 2 is 1.76 bits per heavy atom. The van der Waals surface area contributed by atoms with Crippen molar-refractivity contribution in [3.05, 3.63) is 60.4 Å². The third kappa shape index (κ3) is 4.33. The van der Waals surface area contributed by atoms with Crippen molar-refractivity contribution in [1.29, 1.82) is 0 Å². The lowest BCUT2D eigenvalue weighted by atomic mass is 10.1. The van der Waals surface area contributed by atoms with Crippen LogP contribution in [0.1, 0.15) is 12.8 Å². The lowest BCUT2D eigenvalue weighted by molar-refractivity contribution is -0.130. The second-order valence-electron chi connectivity index (χ2n) is 6.86. The number of rotatable bonds is 5. The van der Waals surface area contributed by atoms with E-state index in [-0.39, 0.29) is 23.6 Å². The van der Waals surface area contributed by atoms with Gasteiger partial charge in [0.25, 0.3) is 0 Å². The van der Waals surface area contributed by atoms with Crippen molar-refractivity contribution < 1.29 is 14.3 Å². The zero-order valence-electron chi connectivity index (χ0n) is 15.7. The average molecular weight is 412 g/mol. The molecule has 0 bridgehead atoms. The van der Waals surface area contributed by atoms with Crippen molar-refractivity contribution in [3.63, 3.8) is 0 Å². The van der Waals surface area contributed by atoms with Gasteiger partial charge in [0, 0.05) is 18.8 Å². The molecule has 8 heteroatoms. The van der Waals surface area contributed by atoms with E-state index in [0.717, 1.165) is 5.69 Å². The minimum Gasteiger partial charge on any atom is -0.393 e. The van der Waals surface area contributed by atoms with Gasteiger partial charge in [0.15, 0.2) is 11.0 Å². The monoisotopic (exact) mass is 412 g/mol. The summed E-state index contributed by atoms with van der Waals surface area (Å²) in [5, 5.41) is 18.6. The molecule has 1 fully saturated rings. The van der Waals surface area contributed by atoms with Crippen molar-refractivity contribution in [2.75, 3.05) is 18.8 Å². The molecule has 2 heterocycles. The number of carbonyl (C=O) groups is 1. The normalized spacial score (nSPS) is 14.9. The molecule has 0 saturated carbocycles. The minimum absolute atomic E-state index is 0.00282. The quantitative estimate of drug-likeness (QED) is 0.652. The third-order valence-electron chi connectivity index (χ3n) is 4.90. The van der Waals surface area contributed by atoms with Gasteiger partial charge in [-0.15, -0.1) is 10.2 Å². The Hall–Kier alpha value is -2.71. The summed E-state index contributed by atoms with van der Waals surface area (Å²) in [6.07, 6.45) is 0.887. The molecule has 29 heavy (non-hydrogen) atoms. The fourth-order valence-electron chi connectivity index (χ4n) is 3.32. The van der Waals surface area contributed by atoms with E-state index in [2.05, 4.69) is 10.2 Å². The van der Waals surface area contributed by atoms with Crippen LogP contribution >= 0.6 is 11.8 Å². The second kappa shape index (κ2) is 8.75. The molecule has 3 aromatic rings. The van der Waals surface area contributed by atoms with Crippen LogP contribution in [0.4, 0.5) is 4.39 Å². The first-order chi connectivity index (χ1) is 14.1. The molecule has 0 atom stereocenters. The van der Waals surface area contributed by atoms with Gasteiger partial charge in [0.2, 0.25) is 5.91 Å². The summed E-state index contributed by atoms with van der Waals surface area (Å²) >= 11 is 1.28. The Morgan fingerprint density at radius 1 is 1.07 bits per heavy atom. The third-order valence-corrected chi connectivity index (χ3v) is 5.82. The molecule has 1 aliphatic heterocycles. The maximum atomic E-state index is 14.4. The molecule has 1 saturated heterocycles. The molecule has 4 rings (SSSR count). The maximum absolute atomic E-state index is 14.4. The van der Waals surface area contributed by atoms with Crippen molar-refractivity contribution >= 4 is 17.7 Å². The number of carbonyl (C=O) groups excluding carboxylic acids is 1. The highest BCUT2D eigenvalue weighted by Crippen LogP contribution is 2.29. The van der Waals surface area contributed by atoms with Crippen LogP contribution in [-0.4, -0.2) is 55.6 Å². The number of benzene rings is 2. The number of aliphatic hydroxyl groups excluding tert-OH is 1. The maximum Gasteiger partial charge on any atom is 0.233 e. The Balaban J connectivity index is 1.60. The first kappa shape index (κ1) is 19.6. The van der Waals surface area contributed by atoms with E-state index in [9.17, 15) is 14.3 Å². The average Bonchev–Trinajstić information content (AvgIpc) is 3.17. The number of aromatic nitrogens is 3. The number of piperidine rings is 1. The van der Waals surface area contributed by atoms with Crippen LogP contribution in [0.3, 0.4) is 0 Å². The zero-order valence-corrected chi connectivity index (χ0v) is 16.6. The van der Waals surface area contributed by atoms with E-state index in [4.69, 9.17) is 0 Å². The lowest BCUT2D eigenvalue weighted by Crippen LogP contribution is -2.40. The molecule has 150 valence electrons. The van der Waals surface area contributed by atoms with Gasteiger partial charge in [-0.1, -0.05) is 42.1 Å². The Kier molecular flexibility index (Phi) is 5.92. The smallest absolute Gasteiger partial charge is 0.233 e. The molecule has 2 aromatic carbocycles. The van der Waals surface area contributed by atoms with Gasteiger partial charge < -0.3 is 10.0 Å². The van der Waals surface area contributed by atoms with Crippen LogP contribution in [-0.2, 0) is 4.79 Å². The summed E-state index contributed by atoms with van der Waals surface area (Å²) in [5.74, 6) is 0.220. The van der Waals surface area contributed by atoms with Gasteiger partial charge in [-0.3, -0.25) is 9.36 Å². The summed E-state index contributed by atoms with van der Waals surface area (Å²) in [6.45, 7) is 1.12. The molecule has 1 aliphatic rings. The zero-order chi connectivity index (χ0) is 20.2. The van der Waals surface area contributed by atoms with E-state index < -0.39 is 0 Å². The first-order valence-electron chi connectivity index (χ1n) is 9.48. The Labute approximate surface area is 172 Å². The molecule has 1 aromatic heterocycles. The number of halogens is 1. The number of thioether (sulfide) groups is 1. The van der Waals surface area contributed by atoms with Crippen LogP contribution in [0.5, 0.6) is 0 Å². The number of nitrogens with zero attached hydrogens (tertiary/aromatic N) is 4. The molecule has 1 N–H and O–H groups in total. The topological polar surface area (TPSA) is 71.2 Å². The van der Waals surface area contributed by atoms with Crippen LogP contribution in [0.2, 0.25) is 0 Å². The number of hydrogen-bond donors (Lipinski definition) is 1. The van der Waals surface area contributed by atoms with Gasteiger partial charge >= 0.3 is 0 Å². The van der Waals surface area contributed by atoms with Crippen LogP contribution in [0, 0.1) is 5.82 Å². The SMILES string of the molecule is O=C(CSc1nnc(-c2ccccc2F)n1-c1ccccc1)N1CCC(O)CC1. The summed E-state index contributed by atoms with van der Waals surface area (Å²) in [7, 11) is 0. The van der Waals surface area contributed by atoms with Crippen molar-refractivity contribution in [3.8, 4) is 17.1 Å². The van der Waals surface area contributed by atoms with Crippen LogP contribution in [0.25, 0.3) is 17.1 Å². The van der Waals surface area contributed by atoms with Gasteiger partial charge in [-0.25, -0.2) is 4.39 Å². The number of amides is 1. The summed E-state index contributed by atoms with van der Waals surface area (Å²) in [4.78, 5) is 14.3. The molecule has 6 nitrogen and oxygen atoms in total. The van der Waals surface area contributed by atoms with E-state index in [1.165, 1.54) is 17.8 Å². The van der Waals surface area contributed by atoms with E-state index in [0.29, 0.717) is 42.5 Å². The Bertz CT molecular complexity index is 987. The number of hydrogen-bond acceptors (Lipinski definition) is 5. The molecule has 0 spiro atoms. The standard InChI is InChI=1S/C21H21FN4O2S/c22-18-9-5-4-8-17(18)20-23-24-21(26(20)15-6-2-1-3-7-15)29-14-19(28)25-12-10-16(27)11-13-25/h1-9,16,27H,10-14H2. The highest BCUT2D eigenvalue weighted by atomic mass is 32.2. The Morgan fingerprint density at radius 3 is 2.48 bits per heavy atom. The molecular weight excluding hydrogens is 391 g/mol. The summed E-state index contributed by atoms with van der Waals surface area (Å²) in [6, 6.07) is 15.9. The van der Waals surface area contributed by atoms with E-state index in [1.807, 2.05) is 30.3 Å². The van der Waals surface area contributed by atoms with Gasteiger partial charge in [0.1, 0.15) is 5.82 Å². The molecule has 0 radical (unpaired) electrons. The minimum atomic E-state index is -0.378. The highest BCUT2D eigenvalue weighted by Gasteiger charge is 2.23. The van der Waals surface area contributed by atoms with Crippen molar-refractivity contribution in [1.82, 2.24) is 19.7 Å². The molecular formula is C21H21FN4O2S. The van der Waals surface area contributed by atoms with Crippen molar-refractivity contribution in [2.24, 2.45) is 0 Å². The highest BCUT2D eigenvalue weighted by molar-refractivity contribution is 7.99.